The zero-order valence-electron chi connectivity index (χ0n) is 14.2. The first-order valence-electron chi connectivity index (χ1n) is 7.99. The van der Waals surface area contributed by atoms with Crippen LogP contribution in [-0.2, 0) is 0 Å². The lowest BCUT2D eigenvalue weighted by Crippen LogP contribution is -1.99. The second-order valence-corrected chi connectivity index (χ2v) is 5.82. The van der Waals surface area contributed by atoms with E-state index in [1.807, 2.05) is 12.1 Å². The number of aliphatic imine (C=N–C) groups is 1. The number of nitrogens with one attached hydrogen (secondary N) is 1. The van der Waals surface area contributed by atoms with Gasteiger partial charge in [0.25, 0.3) is 5.91 Å². The Bertz CT molecular complexity index is 1020. The summed E-state index contributed by atoms with van der Waals surface area (Å²) >= 11 is 0. The van der Waals surface area contributed by atoms with E-state index >= 15 is 0 Å². The Morgan fingerprint density at radius 3 is 1.92 bits per heavy atom. The van der Waals surface area contributed by atoms with Crippen LogP contribution >= 0.6 is 0 Å². The highest BCUT2D eigenvalue weighted by atomic mass is 16.5. The monoisotopic (exact) mass is 348 g/mol. The Labute approximate surface area is 149 Å². The molecule has 0 spiro atoms. The zero-order valence-corrected chi connectivity index (χ0v) is 14.2. The van der Waals surface area contributed by atoms with Crippen molar-refractivity contribution in [1.29, 1.82) is 0 Å². The molecule has 0 aliphatic carbocycles. The molecule has 1 aliphatic rings. The fourth-order valence-corrected chi connectivity index (χ4v) is 3.08. The summed E-state index contributed by atoms with van der Waals surface area (Å²) in [6, 6.07) is 14.4. The number of carbonyl (C=O) groups is 1. The number of hydrogen-bond donors (Lipinski definition) is 2. The van der Waals surface area contributed by atoms with Crippen LogP contribution in [0.25, 0.3) is 11.3 Å². The number of amides is 1. The fourth-order valence-electron chi connectivity index (χ4n) is 3.08. The third-order valence-corrected chi connectivity index (χ3v) is 4.39. The van der Waals surface area contributed by atoms with Gasteiger partial charge in [0, 0.05) is 5.56 Å². The summed E-state index contributed by atoms with van der Waals surface area (Å²) < 4.78 is 10.3. The minimum absolute atomic E-state index is 0.0776. The van der Waals surface area contributed by atoms with Crippen molar-refractivity contribution in [3.63, 3.8) is 0 Å². The van der Waals surface area contributed by atoms with Crippen molar-refractivity contribution in [3.8, 4) is 28.6 Å². The summed E-state index contributed by atoms with van der Waals surface area (Å²) in [6.45, 7) is 0. The van der Waals surface area contributed by atoms with Gasteiger partial charge in [0.05, 0.1) is 36.8 Å². The van der Waals surface area contributed by atoms with Crippen molar-refractivity contribution in [2.45, 2.75) is 0 Å². The number of H-pyrrole nitrogens is 1. The van der Waals surface area contributed by atoms with Gasteiger partial charge in [-0.15, -0.1) is 0 Å². The van der Waals surface area contributed by atoms with Gasteiger partial charge in [0.2, 0.25) is 0 Å². The molecule has 2 N–H and O–H groups in total. The molecule has 1 aliphatic heterocycles. The molecule has 26 heavy (non-hydrogen) atoms. The van der Waals surface area contributed by atoms with E-state index in [0.717, 1.165) is 11.1 Å². The van der Waals surface area contributed by atoms with Gasteiger partial charge in [-0.1, -0.05) is 0 Å². The Kier molecular flexibility index (Phi) is 3.73. The molecule has 2 heterocycles. The number of benzene rings is 2. The van der Waals surface area contributed by atoms with Crippen molar-refractivity contribution in [2.24, 2.45) is 4.99 Å². The summed E-state index contributed by atoms with van der Waals surface area (Å²) in [5.74, 6) is 0.957. The molecule has 0 saturated carbocycles. The maximum absolute atomic E-state index is 12.5. The molecule has 6 nitrogen and oxygen atoms in total. The molecule has 1 aromatic heterocycles. The third kappa shape index (κ3) is 2.43. The molecule has 130 valence electrons. The van der Waals surface area contributed by atoms with Crippen molar-refractivity contribution in [1.82, 2.24) is 4.98 Å². The second-order valence-electron chi connectivity index (χ2n) is 5.82. The smallest absolute Gasteiger partial charge is 0.280 e. The third-order valence-electron chi connectivity index (χ3n) is 4.39. The lowest BCUT2D eigenvalue weighted by Gasteiger charge is -2.03. The average molecular weight is 348 g/mol. The summed E-state index contributed by atoms with van der Waals surface area (Å²) in [5, 5.41) is 10.4. The number of fused-ring (bicyclic) bond motifs is 1. The molecule has 2 aromatic carbocycles. The molecule has 4 rings (SSSR count). The molecule has 0 saturated heterocycles. The Morgan fingerprint density at radius 1 is 0.846 bits per heavy atom. The summed E-state index contributed by atoms with van der Waals surface area (Å²) in [7, 11) is 3.18. The minimum Gasteiger partial charge on any atom is -0.497 e. The fraction of sp³-hybridized carbons (Fsp3) is 0.100. The quantitative estimate of drug-likeness (QED) is 0.757. The first-order chi connectivity index (χ1) is 12.6. The van der Waals surface area contributed by atoms with Crippen LogP contribution in [-0.4, -0.2) is 35.9 Å². The van der Waals surface area contributed by atoms with Crippen LogP contribution in [0.2, 0.25) is 0 Å². The van der Waals surface area contributed by atoms with Gasteiger partial charge in [-0.3, -0.25) is 4.79 Å². The van der Waals surface area contributed by atoms with Gasteiger partial charge in [-0.25, -0.2) is 4.99 Å². The topological polar surface area (TPSA) is 83.9 Å². The second kappa shape index (κ2) is 6.07. The van der Waals surface area contributed by atoms with Crippen LogP contribution < -0.4 is 9.47 Å². The number of nitrogens with zero attached hydrogens (tertiary/aromatic N) is 1. The number of rotatable bonds is 4. The lowest BCUT2D eigenvalue weighted by atomic mass is 10.00. The molecule has 0 atom stereocenters. The Morgan fingerprint density at radius 2 is 1.38 bits per heavy atom. The number of aromatic nitrogens is 1. The predicted molar refractivity (Wildman–Crippen MR) is 97.4 cm³/mol. The molecule has 0 bridgehead atoms. The van der Waals surface area contributed by atoms with E-state index in [1.165, 1.54) is 0 Å². The summed E-state index contributed by atoms with van der Waals surface area (Å²) in [6.07, 6.45) is 0. The Hall–Kier alpha value is -3.54. The number of aromatic hydroxyl groups is 1. The maximum atomic E-state index is 12.5. The molecule has 0 fully saturated rings. The van der Waals surface area contributed by atoms with Crippen LogP contribution in [0.1, 0.15) is 21.5 Å². The molecule has 3 aromatic rings. The van der Waals surface area contributed by atoms with Crippen molar-refractivity contribution >= 4 is 11.6 Å². The highest BCUT2D eigenvalue weighted by Crippen LogP contribution is 2.38. The highest BCUT2D eigenvalue weighted by Gasteiger charge is 2.33. The van der Waals surface area contributed by atoms with Crippen molar-refractivity contribution in [2.75, 3.05) is 14.2 Å². The normalized spacial score (nSPS) is 12.7. The van der Waals surface area contributed by atoms with E-state index in [9.17, 15) is 9.90 Å². The van der Waals surface area contributed by atoms with Gasteiger partial charge < -0.3 is 19.6 Å². The SMILES string of the molecule is COc1ccc(C2=NC(=O)c3c(-c4ccc(OC)cc4)[nH]c(O)c32)cc1. The van der Waals surface area contributed by atoms with E-state index in [1.54, 1.807) is 50.6 Å². The van der Waals surface area contributed by atoms with E-state index in [-0.39, 0.29) is 11.8 Å². The minimum atomic E-state index is -0.381. The van der Waals surface area contributed by atoms with E-state index in [2.05, 4.69) is 9.98 Å². The molecular weight excluding hydrogens is 332 g/mol. The standard InChI is InChI=1S/C20H16N2O4/c1-25-13-7-3-11(4-8-13)17-15-16(20(24)21-17)18(22-19(15)23)12-5-9-14(26-2)10-6-12/h3-10,21,24H,1-2H3. The van der Waals surface area contributed by atoms with Crippen molar-refractivity contribution in [3.05, 3.63) is 65.2 Å². The zero-order chi connectivity index (χ0) is 18.3. The summed E-state index contributed by atoms with van der Waals surface area (Å²) in [5.41, 5.74) is 3.28. The number of hydrogen-bond acceptors (Lipinski definition) is 4. The van der Waals surface area contributed by atoms with Gasteiger partial charge >= 0.3 is 0 Å². The maximum Gasteiger partial charge on any atom is 0.280 e. The van der Waals surface area contributed by atoms with Crippen LogP contribution in [0.5, 0.6) is 17.4 Å². The largest absolute Gasteiger partial charge is 0.497 e. The first kappa shape index (κ1) is 16.0. The molecule has 0 radical (unpaired) electrons. The van der Waals surface area contributed by atoms with Gasteiger partial charge in [-0.05, 0) is 54.1 Å². The van der Waals surface area contributed by atoms with Crippen LogP contribution in [0.3, 0.4) is 0 Å². The number of aromatic amines is 1. The van der Waals surface area contributed by atoms with E-state index < -0.39 is 0 Å². The number of carbonyl (C=O) groups excluding carboxylic acids is 1. The average Bonchev–Trinajstić information content (AvgIpc) is 3.21. The van der Waals surface area contributed by atoms with Crippen LogP contribution in [0.15, 0.2) is 53.5 Å². The summed E-state index contributed by atoms with van der Waals surface area (Å²) in [4.78, 5) is 19.6. The lowest BCUT2D eigenvalue weighted by molar-refractivity contribution is 0.101. The molecule has 1 amide bonds. The molecule has 0 unspecified atom stereocenters. The first-order valence-corrected chi connectivity index (χ1v) is 7.99. The van der Waals surface area contributed by atoms with Gasteiger partial charge in [-0.2, -0.15) is 0 Å². The van der Waals surface area contributed by atoms with E-state index in [4.69, 9.17) is 9.47 Å². The number of ether oxygens (including phenoxy) is 2. The van der Waals surface area contributed by atoms with Crippen molar-refractivity contribution < 1.29 is 19.4 Å². The van der Waals surface area contributed by atoms with E-state index in [0.29, 0.717) is 34.0 Å². The molecular formula is C20H16N2O4. The van der Waals surface area contributed by atoms with Gasteiger partial charge in [0.15, 0.2) is 5.88 Å². The van der Waals surface area contributed by atoms with Crippen LogP contribution in [0, 0.1) is 0 Å². The van der Waals surface area contributed by atoms with Crippen LogP contribution in [0.4, 0.5) is 0 Å². The highest BCUT2D eigenvalue weighted by molar-refractivity contribution is 6.30. The number of methoxy groups -OCH3 is 2. The van der Waals surface area contributed by atoms with Gasteiger partial charge in [0.1, 0.15) is 11.5 Å². The predicted octanol–water partition coefficient (Wildman–Crippen LogP) is 3.40. The Balaban J connectivity index is 1.80. The molecule has 6 heteroatoms.